The van der Waals surface area contributed by atoms with Crippen LogP contribution < -0.4 is 0 Å². The molecule has 1 heterocycles. The van der Waals surface area contributed by atoms with E-state index < -0.39 is 11.5 Å². The lowest BCUT2D eigenvalue weighted by Gasteiger charge is -2.57. The number of carbonyl (C=O) groups excluding carboxylic acids is 1. The predicted molar refractivity (Wildman–Crippen MR) is 117 cm³/mol. The summed E-state index contributed by atoms with van der Waals surface area (Å²) in [4.78, 5) is 16.6. The Bertz CT molecular complexity index is 996. The molecule has 0 bridgehead atoms. The average Bonchev–Trinajstić information content (AvgIpc) is 3.32. The van der Waals surface area contributed by atoms with E-state index in [9.17, 15) is 14.3 Å². The molecule has 1 aromatic heterocycles. The number of aromatic nitrogens is 2. The minimum absolute atomic E-state index is 0.0481. The standard InChI is InChI=1S/C26H34FN3O2/c1-25(32)8-6-15-14(11-25)4-5-17-16(15)7-9-26(2)22(17)18-10-19(18)23(26)21(31)13-30-12-20(28-3)24(27)29-30/h12,14-19,22-23,32H,4-11,13H2,1-2H3/t14-,15+,16-,17-,18-,19+,22-,23-,25-,26+/m1/s1. The lowest BCUT2D eigenvalue weighted by molar-refractivity contribution is -0.136. The van der Waals surface area contributed by atoms with E-state index in [0.29, 0.717) is 23.7 Å². The van der Waals surface area contributed by atoms with Gasteiger partial charge in [0.05, 0.1) is 18.7 Å². The largest absolute Gasteiger partial charge is 0.390 e. The fourth-order valence-corrected chi connectivity index (χ4v) is 9.46. The molecule has 5 saturated carbocycles. The number of carbonyl (C=O) groups is 1. The summed E-state index contributed by atoms with van der Waals surface area (Å²) in [5.74, 6) is 4.16. The highest BCUT2D eigenvalue weighted by molar-refractivity contribution is 5.83. The van der Waals surface area contributed by atoms with Crippen molar-refractivity contribution in [3.8, 4) is 0 Å². The van der Waals surface area contributed by atoms with E-state index in [0.717, 1.165) is 43.4 Å². The third kappa shape index (κ3) is 2.96. The van der Waals surface area contributed by atoms with Gasteiger partial charge in [-0.2, -0.15) is 9.49 Å². The summed E-state index contributed by atoms with van der Waals surface area (Å²) in [7, 11) is 0. The fraction of sp³-hybridized carbons (Fsp3) is 0.808. The first-order chi connectivity index (χ1) is 15.2. The summed E-state index contributed by atoms with van der Waals surface area (Å²) < 4.78 is 15.1. The van der Waals surface area contributed by atoms with E-state index in [4.69, 9.17) is 6.57 Å². The van der Waals surface area contributed by atoms with Crippen molar-refractivity contribution in [1.29, 1.82) is 0 Å². The smallest absolute Gasteiger partial charge is 0.259 e. The highest BCUT2D eigenvalue weighted by Gasteiger charge is 2.70. The molecule has 0 aromatic carbocycles. The zero-order chi connectivity index (χ0) is 22.4. The Morgan fingerprint density at radius 2 is 1.97 bits per heavy atom. The molecule has 6 heteroatoms. The van der Waals surface area contributed by atoms with Crippen molar-refractivity contribution in [2.45, 2.75) is 77.4 Å². The number of nitrogens with zero attached hydrogens (tertiary/aromatic N) is 3. The molecule has 10 atom stereocenters. The van der Waals surface area contributed by atoms with Gasteiger partial charge in [0.2, 0.25) is 5.95 Å². The molecule has 0 amide bonds. The molecule has 1 aromatic rings. The second-order valence-electron chi connectivity index (χ2n) is 12.3. The van der Waals surface area contributed by atoms with Crippen molar-refractivity contribution in [2.24, 2.45) is 52.8 Å². The summed E-state index contributed by atoms with van der Waals surface area (Å²) in [5.41, 5.74) is -0.545. The number of halogens is 1. The highest BCUT2D eigenvalue weighted by atomic mass is 19.1. The second-order valence-corrected chi connectivity index (χ2v) is 12.3. The van der Waals surface area contributed by atoms with Gasteiger partial charge in [-0.15, -0.1) is 0 Å². The number of hydrogen-bond acceptors (Lipinski definition) is 3. The van der Waals surface area contributed by atoms with Crippen LogP contribution in [-0.4, -0.2) is 26.3 Å². The summed E-state index contributed by atoms with van der Waals surface area (Å²) in [6.45, 7) is 11.5. The average molecular weight is 440 g/mol. The van der Waals surface area contributed by atoms with Gasteiger partial charge in [-0.1, -0.05) is 6.92 Å². The van der Waals surface area contributed by atoms with Crippen molar-refractivity contribution in [2.75, 3.05) is 0 Å². The van der Waals surface area contributed by atoms with Gasteiger partial charge in [0.1, 0.15) is 0 Å². The van der Waals surface area contributed by atoms with Crippen LogP contribution in [0.3, 0.4) is 0 Å². The Morgan fingerprint density at radius 3 is 2.72 bits per heavy atom. The van der Waals surface area contributed by atoms with Gasteiger partial charge in [-0.3, -0.25) is 9.48 Å². The molecule has 0 unspecified atom stereocenters. The number of aliphatic hydroxyl groups is 1. The van der Waals surface area contributed by atoms with Crippen LogP contribution in [0.2, 0.25) is 0 Å². The number of fused-ring (bicyclic) bond motifs is 7. The normalized spacial score (nSPS) is 48.7. The summed E-state index contributed by atoms with van der Waals surface area (Å²) in [6, 6.07) is 0. The molecule has 6 rings (SSSR count). The number of ketones is 1. The molecular formula is C26H34FN3O2. The quantitative estimate of drug-likeness (QED) is 0.673. The number of rotatable bonds is 3. The molecule has 0 saturated heterocycles. The third-order valence-electron chi connectivity index (χ3n) is 10.5. The maximum Gasteiger partial charge on any atom is 0.259 e. The minimum atomic E-state index is -0.781. The van der Waals surface area contributed by atoms with Crippen LogP contribution in [-0.2, 0) is 11.3 Å². The maximum absolute atomic E-state index is 13.8. The van der Waals surface area contributed by atoms with Crippen molar-refractivity contribution in [1.82, 2.24) is 9.78 Å². The first-order valence-electron chi connectivity index (χ1n) is 12.6. The highest BCUT2D eigenvalue weighted by Crippen LogP contribution is 2.74. The number of Topliss-reactive ketones (excluding diaryl/α,β-unsaturated/α-hetero) is 1. The van der Waals surface area contributed by atoms with Crippen molar-refractivity contribution < 1.29 is 14.3 Å². The van der Waals surface area contributed by atoms with Gasteiger partial charge in [0.25, 0.3) is 5.69 Å². The molecule has 32 heavy (non-hydrogen) atoms. The Kier molecular flexibility index (Phi) is 4.48. The van der Waals surface area contributed by atoms with E-state index in [1.807, 2.05) is 6.92 Å². The van der Waals surface area contributed by atoms with Crippen LogP contribution in [0.5, 0.6) is 0 Å². The first-order valence-corrected chi connectivity index (χ1v) is 12.6. The molecule has 172 valence electrons. The van der Waals surface area contributed by atoms with E-state index in [1.54, 1.807) is 0 Å². The molecular weight excluding hydrogens is 405 g/mol. The lowest BCUT2D eigenvalue weighted by Crippen LogP contribution is -2.52. The van der Waals surface area contributed by atoms with E-state index in [-0.39, 0.29) is 29.3 Å². The predicted octanol–water partition coefficient (Wildman–Crippen LogP) is 5.02. The third-order valence-corrected chi connectivity index (χ3v) is 10.5. The first kappa shape index (κ1) is 20.8. The SMILES string of the molecule is [C-]#[N+]c1cn(CC(=O)[C@H]2[C@H]3C[C@H]3[C@H]3[C@@H]4CC[C@@H]5C[C@](C)(O)CC[C@@H]5[C@H]4CC[C@@]32C)nc1F. The molecule has 5 aliphatic carbocycles. The van der Waals surface area contributed by atoms with Crippen molar-refractivity contribution in [3.05, 3.63) is 23.6 Å². The topological polar surface area (TPSA) is 59.5 Å². The van der Waals surface area contributed by atoms with Crippen LogP contribution in [0.4, 0.5) is 10.1 Å². The van der Waals surface area contributed by atoms with E-state index in [1.165, 1.54) is 36.6 Å². The maximum atomic E-state index is 13.8. The molecule has 0 aliphatic heterocycles. The van der Waals surface area contributed by atoms with Gasteiger partial charge in [0.15, 0.2) is 5.78 Å². The number of hydrogen-bond donors (Lipinski definition) is 1. The van der Waals surface area contributed by atoms with Gasteiger partial charge in [-0.05, 0) is 105 Å². The molecule has 5 fully saturated rings. The van der Waals surface area contributed by atoms with Crippen LogP contribution in [0.15, 0.2) is 6.20 Å². The molecule has 5 aliphatic rings. The summed E-state index contributed by atoms with van der Waals surface area (Å²) in [6.07, 6.45) is 10.4. The monoisotopic (exact) mass is 439 g/mol. The van der Waals surface area contributed by atoms with E-state index in [2.05, 4.69) is 16.9 Å². The van der Waals surface area contributed by atoms with Gasteiger partial charge in [-0.25, -0.2) is 4.85 Å². The van der Waals surface area contributed by atoms with Crippen LogP contribution in [0.25, 0.3) is 4.85 Å². The van der Waals surface area contributed by atoms with Gasteiger partial charge < -0.3 is 5.11 Å². The van der Waals surface area contributed by atoms with Gasteiger partial charge in [0, 0.05) is 12.1 Å². The van der Waals surface area contributed by atoms with Crippen LogP contribution >= 0.6 is 0 Å². The molecule has 5 nitrogen and oxygen atoms in total. The Balaban J connectivity index is 1.22. The molecule has 1 N–H and O–H groups in total. The Hall–Kier alpha value is -1.74. The lowest BCUT2D eigenvalue weighted by atomic mass is 9.48. The fourth-order valence-electron chi connectivity index (χ4n) is 9.46. The van der Waals surface area contributed by atoms with Crippen molar-refractivity contribution in [3.63, 3.8) is 0 Å². The van der Waals surface area contributed by atoms with Crippen LogP contribution in [0, 0.1) is 65.3 Å². The van der Waals surface area contributed by atoms with Crippen molar-refractivity contribution >= 4 is 11.5 Å². The molecule has 0 spiro atoms. The zero-order valence-electron chi connectivity index (χ0n) is 19.1. The minimum Gasteiger partial charge on any atom is -0.390 e. The zero-order valence-corrected chi connectivity index (χ0v) is 19.1. The Labute approximate surface area is 189 Å². The Morgan fingerprint density at radius 1 is 1.19 bits per heavy atom. The summed E-state index contributed by atoms with van der Waals surface area (Å²) >= 11 is 0. The van der Waals surface area contributed by atoms with Gasteiger partial charge >= 0.3 is 0 Å². The second kappa shape index (κ2) is 6.88. The van der Waals surface area contributed by atoms with Crippen LogP contribution in [0.1, 0.15) is 65.2 Å². The van der Waals surface area contributed by atoms with E-state index >= 15 is 0 Å². The molecule has 0 radical (unpaired) electrons. The summed E-state index contributed by atoms with van der Waals surface area (Å²) in [5, 5.41) is 14.4.